The molecule has 2 heteroatoms. The average Bonchev–Trinajstić information content (AvgIpc) is 2.22. The van der Waals surface area contributed by atoms with Crippen LogP contribution < -0.4 is 0 Å². The highest BCUT2D eigenvalue weighted by molar-refractivity contribution is 6.12. The van der Waals surface area contributed by atoms with E-state index in [9.17, 15) is 9.59 Å². The Morgan fingerprint density at radius 3 is 2.59 bits per heavy atom. The summed E-state index contributed by atoms with van der Waals surface area (Å²) in [4.78, 5) is 24.7. The molecule has 0 heterocycles. The summed E-state index contributed by atoms with van der Waals surface area (Å²) in [6, 6.07) is 0. The first kappa shape index (κ1) is 12.3. The maximum atomic E-state index is 12.4. The Morgan fingerprint density at radius 2 is 2.00 bits per heavy atom. The zero-order valence-electron chi connectivity index (χ0n) is 11.0. The van der Waals surface area contributed by atoms with Crippen LogP contribution in [-0.4, -0.2) is 11.6 Å². The van der Waals surface area contributed by atoms with Crippen LogP contribution in [-0.2, 0) is 9.59 Å². The van der Waals surface area contributed by atoms with Gasteiger partial charge >= 0.3 is 0 Å². The van der Waals surface area contributed by atoms with Crippen LogP contribution in [0.4, 0.5) is 0 Å². The van der Waals surface area contributed by atoms with Gasteiger partial charge in [-0.1, -0.05) is 32.4 Å². The zero-order chi connectivity index (χ0) is 12.8. The quantitative estimate of drug-likeness (QED) is 0.651. The molecule has 0 amide bonds. The normalized spacial score (nSPS) is 33.4. The van der Waals surface area contributed by atoms with Crippen LogP contribution in [0.15, 0.2) is 23.3 Å². The number of rotatable bonds is 1. The molecule has 0 saturated carbocycles. The Bertz CT molecular complexity index is 440. The van der Waals surface area contributed by atoms with Crippen LogP contribution in [0.1, 0.15) is 40.5 Å². The highest BCUT2D eigenvalue weighted by Gasteiger charge is 2.49. The van der Waals surface area contributed by atoms with Crippen LogP contribution in [0.3, 0.4) is 0 Å². The van der Waals surface area contributed by atoms with E-state index in [1.54, 1.807) is 6.08 Å². The molecule has 2 atom stereocenters. The van der Waals surface area contributed by atoms with E-state index < -0.39 is 5.41 Å². The van der Waals surface area contributed by atoms with Gasteiger partial charge in [-0.25, -0.2) is 0 Å². The van der Waals surface area contributed by atoms with Crippen molar-refractivity contribution in [3.63, 3.8) is 0 Å². The third kappa shape index (κ3) is 1.80. The fourth-order valence-corrected chi connectivity index (χ4v) is 3.04. The SMILES string of the molecule is CC1=CC[C@H]2C(=O)C(C(C)C)=CC(=O)[C@@]2(C)C1. The van der Waals surface area contributed by atoms with Crippen molar-refractivity contribution in [2.75, 3.05) is 0 Å². The molecule has 92 valence electrons. The standard InChI is InChI=1S/C15H20O2/c1-9(2)11-7-13(16)15(4)8-10(3)5-6-12(15)14(11)17/h5,7,9,12H,6,8H2,1-4H3/t12-,15-/m0/s1. The molecule has 0 aromatic carbocycles. The minimum atomic E-state index is -0.492. The third-order valence-corrected chi connectivity index (χ3v) is 4.19. The van der Waals surface area contributed by atoms with Gasteiger partial charge in [-0.05, 0) is 31.8 Å². The molecule has 0 aromatic heterocycles. The number of fused-ring (bicyclic) bond motifs is 1. The van der Waals surface area contributed by atoms with Crippen molar-refractivity contribution in [2.45, 2.75) is 40.5 Å². The van der Waals surface area contributed by atoms with E-state index in [2.05, 4.69) is 6.08 Å². The summed E-state index contributed by atoms with van der Waals surface area (Å²) in [6.07, 6.45) is 5.16. The van der Waals surface area contributed by atoms with Gasteiger partial charge in [0.15, 0.2) is 11.6 Å². The van der Waals surface area contributed by atoms with Crippen molar-refractivity contribution < 1.29 is 9.59 Å². The third-order valence-electron chi connectivity index (χ3n) is 4.19. The highest BCUT2D eigenvalue weighted by Crippen LogP contribution is 2.46. The van der Waals surface area contributed by atoms with Gasteiger partial charge in [0.2, 0.25) is 0 Å². The number of allylic oxidation sites excluding steroid dienone is 4. The molecule has 0 radical (unpaired) electrons. The van der Waals surface area contributed by atoms with Crippen molar-refractivity contribution in [1.82, 2.24) is 0 Å². The summed E-state index contributed by atoms with van der Waals surface area (Å²) in [5.41, 5.74) is 1.45. The van der Waals surface area contributed by atoms with Gasteiger partial charge in [-0.2, -0.15) is 0 Å². The van der Waals surface area contributed by atoms with E-state index in [1.807, 2.05) is 27.7 Å². The summed E-state index contributed by atoms with van der Waals surface area (Å²) < 4.78 is 0. The second kappa shape index (κ2) is 3.94. The monoisotopic (exact) mass is 232 g/mol. The molecular weight excluding hydrogens is 212 g/mol. The maximum absolute atomic E-state index is 12.4. The van der Waals surface area contributed by atoms with Gasteiger partial charge in [0.25, 0.3) is 0 Å². The molecular formula is C15H20O2. The average molecular weight is 232 g/mol. The predicted molar refractivity (Wildman–Crippen MR) is 67.5 cm³/mol. The first-order chi connectivity index (χ1) is 7.86. The Balaban J connectivity index is 2.46. The molecule has 0 saturated heterocycles. The van der Waals surface area contributed by atoms with E-state index in [-0.39, 0.29) is 23.4 Å². The van der Waals surface area contributed by atoms with Crippen molar-refractivity contribution in [2.24, 2.45) is 17.3 Å². The van der Waals surface area contributed by atoms with Gasteiger partial charge in [-0.15, -0.1) is 0 Å². The molecule has 0 unspecified atom stereocenters. The van der Waals surface area contributed by atoms with Crippen LogP contribution >= 0.6 is 0 Å². The number of ketones is 2. The number of hydrogen-bond acceptors (Lipinski definition) is 2. The Hall–Kier alpha value is -1.18. The summed E-state index contributed by atoms with van der Waals surface area (Å²) in [5, 5.41) is 0. The molecule has 2 rings (SSSR count). The Kier molecular flexibility index (Phi) is 2.84. The number of Topliss-reactive ketones (excluding diaryl/α,β-unsaturated/α-hetero) is 1. The topological polar surface area (TPSA) is 34.1 Å². The molecule has 0 fully saturated rings. The second-order valence-corrected chi connectivity index (χ2v) is 5.92. The van der Waals surface area contributed by atoms with Crippen LogP contribution in [0.2, 0.25) is 0 Å². The van der Waals surface area contributed by atoms with Crippen LogP contribution in [0.25, 0.3) is 0 Å². The number of carbonyl (C=O) groups excluding carboxylic acids is 2. The van der Waals surface area contributed by atoms with Gasteiger partial charge in [-0.3, -0.25) is 9.59 Å². The highest BCUT2D eigenvalue weighted by atomic mass is 16.1. The van der Waals surface area contributed by atoms with Crippen molar-refractivity contribution >= 4 is 11.6 Å². The predicted octanol–water partition coefficient (Wildman–Crippen LogP) is 3.08. The van der Waals surface area contributed by atoms with Crippen molar-refractivity contribution in [3.05, 3.63) is 23.3 Å². The Morgan fingerprint density at radius 1 is 1.35 bits per heavy atom. The lowest BCUT2D eigenvalue weighted by atomic mass is 9.59. The second-order valence-electron chi connectivity index (χ2n) is 5.92. The number of carbonyl (C=O) groups is 2. The van der Waals surface area contributed by atoms with E-state index in [0.29, 0.717) is 5.57 Å². The van der Waals surface area contributed by atoms with Gasteiger partial charge in [0, 0.05) is 16.9 Å². The molecule has 0 spiro atoms. The van der Waals surface area contributed by atoms with Crippen LogP contribution in [0.5, 0.6) is 0 Å². The van der Waals surface area contributed by atoms with E-state index in [0.717, 1.165) is 12.8 Å². The largest absolute Gasteiger partial charge is 0.294 e. The van der Waals surface area contributed by atoms with Gasteiger partial charge < -0.3 is 0 Å². The fraction of sp³-hybridized carbons (Fsp3) is 0.600. The van der Waals surface area contributed by atoms with Crippen molar-refractivity contribution in [3.8, 4) is 0 Å². The smallest absolute Gasteiger partial charge is 0.163 e. The lowest BCUT2D eigenvalue weighted by Gasteiger charge is -2.41. The maximum Gasteiger partial charge on any atom is 0.163 e. The first-order valence-corrected chi connectivity index (χ1v) is 6.32. The summed E-state index contributed by atoms with van der Waals surface area (Å²) >= 11 is 0. The molecule has 2 aliphatic rings. The molecule has 0 aliphatic heterocycles. The summed E-state index contributed by atoms with van der Waals surface area (Å²) in [5.74, 6) is 0.327. The van der Waals surface area contributed by atoms with Crippen molar-refractivity contribution in [1.29, 1.82) is 0 Å². The van der Waals surface area contributed by atoms with Gasteiger partial charge in [0.05, 0.1) is 0 Å². The fourth-order valence-electron chi connectivity index (χ4n) is 3.04. The Labute approximate surface area is 103 Å². The molecule has 0 bridgehead atoms. The molecule has 17 heavy (non-hydrogen) atoms. The number of hydrogen-bond donors (Lipinski definition) is 0. The minimum absolute atomic E-state index is 0.137. The molecule has 0 N–H and O–H groups in total. The summed E-state index contributed by atoms with van der Waals surface area (Å²) in [7, 11) is 0. The molecule has 0 aromatic rings. The summed E-state index contributed by atoms with van der Waals surface area (Å²) in [6.45, 7) is 7.94. The van der Waals surface area contributed by atoms with E-state index in [1.165, 1.54) is 5.57 Å². The lowest BCUT2D eigenvalue weighted by molar-refractivity contribution is -0.136. The van der Waals surface area contributed by atoms with E-state index >= 15 is 0 Å². The first-order valence-electron chi connectivity index (χ1n) is 6.32. The lowest BCUT2D eigenvalue weighted by Crippen LogP contribution is -2.46. The van der Waals surface area contributed by atoms with Crippen LogP contribution in [0, 0.1) is 17.3 Å². The minimum Gasteiger partial charge on any atom is -0.294 e. The molecule has 2 aliphatic carbocycles. The van der Waals surface area contributed by atoms with E-state index in [4.69, 9.17) is 0 Å². The zero-order valence-corrected chi connectivity index (χ0v) is 11.0. The van der Waals surface area contributed by atoms with Gasteiger partial charge in [0.1, 0.15) is 0 Å². The molecule has 2 nitrogen and oxygen atoms in total.